The predicted molar refractivity (Wildman–Crippen MR) is 74.2 cm³/mol. The zero-order valence-corrected chi connectivity index (χ0v) is 11.5. The third-order valence-electron chi connectivity index (χ3n) is 4.23. The zero-order valence-electron chi connectivity index (χ0n) is 11.5. The van der Waals surface area contributed by atoms with Crippen LogP contribution in [0.1, 0.15) is 26.7 Å². The van der Waals surface area contributed by atoms with Crippen LogP contribution < -0.4 is 9.64 Å². The average Bonchev–Trinajstić information content (AvgIpc) is 2.38. The van der Waals surface area contributed by atoms with E-state index in [0.29, 0.717) is 5.92 Å². The molecule has 0 saturated carbocycles. The van der Waals surface area contributed by atoms with E-state index < -0.39 is 0 Å². The van der Waals surface area contributed by atoms with E-state index in [1.807, 2.05) is 12.1 Å². The first-order valence-electron chi connectivity index (χ1n) is 6.62. The van der Waals surface area contributed by atoms with Crippen molar-refractivity contribution in [3.8, 4) is 5.75 Å². The second-order valence-electron chi connectivity index (χ2n) is 5.53. The maximum absolute atomic E-state index is 9.53. The molecule has 0 bridgehead atoms. The molecule has 0 aliphatic carbocycles. The van der Waals surface area contributed by atoms with E-state index in [1.165, 1.54) is 5.69 Å². The minimum atomic E-state index is 0.00158. The Hall–Kier alpha value is -1.22. The Kier molecular flexibility index (Phi) is 3.81. The molecular formula is C15H23NO2. The Balaban J connectivity index is 2.24. The van der Waals surface area contributed by atoms with E-state index in [-0.39, 0.29) is 12.1 Å². The molecule has 100 valence electrons. The Morgan fingerprint density at radius 3 is 2.56 bits per heavy atom. The quantitative estimate of drug-likeness (QED) is 0.894. The molecular weight excluding hydrogens is 226 g/mol. The first-order chi connectivity index (χ1) is 8.59. The molecule has 1 saturated heterocycles. The lowest BCUT2D eigenvalue weighted by molar-refractivity contribution is 0.136. The number of benzene rings is 1. The molecule has 0 spiro atoms. The lowest BCUT2D eigenvalue weighted by Gasteiger charge is -2.49. The van der Waals surface area contributed by atoms with Crippen molar-refractivity contribution in [1.82, 2.24) is 0 Å². The van der Waals surface area contributed by atoms with Crippen LogP contribution in [0.4, 0.5) is 5.69 Å². The van der Waals surface area contributed by atoms with Crippen molar-refractivity contribution in [2.24, 2.45) is 5.92 Å². The lowest BCUT2D eigenvalue weighted by atomic mass is 9.79. The van der Waals surface area contributed by atoms with E-state index in [4.69, 9.17) is 4.74 Å². The number of anilines is 1. The third-order valence-corrected chi connectivity index (χ3v) is 4.23. The van der Waals surface area contributed by atoms with Gasteiger partial charge >= 0.3 is 0 Å². The minimum Gasteiger partial charge on any atom is -0.497 e. The molecule has 1 aliphatic heterocycles. The fourth-order valence-corrected chi connectivity index (χ4v) is 2.90. The Morgan fingerprint density at radius 2 is 2.00 bits per heavy atom. The number of piperidine rings is 1. The van der Waals surface area contributed by atoms with Gasteiger partial charge < -0.3 is 14.7 Å². The number of methoxy groups -OCH3 is 1. The summed E-state index contributed by atoms with van der Waals surface area (Å²) >= 11 is 0. The topological polar surface area (TPSA) is 32.7 Å². The normalized spacial score (nSPS) is 22.9. The summed E-state index contributed by atoms with van der Waals surface area (Å²) in [6, 6.07) is 8.18. The molecule has 1 fully saturated rings. The summed E-state index contributed by atoms with van der Waals surface area (Å²) in [5.41, 5.74) is 1.21. The van der Waals surface area contributed by atoms with Crippen molar-refractivity contribution in [2.45, 2.75) is 32.2 Å². The number of rotatable bonds is 3. The van der Waals surface area contributed by atoms with Gasteiger partial charge in [0.1, 0.15) is 5.75 Å². The second kappa shape index (κ2) is 5.19. The van der Waals surface area contributed by atoms with Crippen molar-refractivity contribution in [2.75, 3.05) is 25.2 Å². The molecule has 1 atom stereocenters. The van der Waals surface area contributed by atoms with Gasteiger partial charge in [-0.05, 0) is 51.0 Å². The average molecular weight is 249 g/mol. The Labute approximate surface area is 109 Å². The van der Waals surface area contributed by atoms with Gasteiger partial charge in [0.15, 0.2) is 0 Å². The molecule has 2 rings (SSSR count). The van der Waals surface area contributed by atoms with E-state index >= 15 is 0 Å². The molecule has 3 heteroatoms. The summed E-state index contributed by atoms with van der Waals surface area (Å²) in [4.78, 5) is 2.40. The molecule has 1 N–H and O–H groups in total. The van der Waals surface area contributed by atoms with Gasteiger partial charge in [-0.2, -0.15) is 0 Å². The monoisotopic (exact) mass is 249 g/mol. The fourth-order valence-electron chi connectivity index (χ4n) is 2.90. The predicted octanol–water partition coefficient (Wildman–Crippen LogP) is 2.68. The minimum absolute atomic E-state index is 0.00158. The molecule has 1 aliphatic rings. The largest absolute Gasteiger partial charge is 0.497 e. The molecule has 18 heavy (non-hydrogen) atoms. The van der Waals surface area contributed by atoms with E-state index in [1.54, 1.807) is 7.11 Å². The maximum atomic E-state index is 9.53. The van der Waals surface area contributed by atoms with Crippen LogP contribution >= 0.6 is 0 Å². The van der Waals surface area contributed by atoms with Gasteiger partial charge in [0, 0.05) is 30.3 Å². The molecule has 1 aromatic carbocycles. The first-order valence-corrected chi connectivity index (χ1v) is 6.62. The number of nitrogens with zero attached hydrogens (tertiary/aromatic N) is 1. The highest BCUT2D eigenvalue weighted by molar-refractivity contribution is 5.51. The van der Waals surface area contributed by atoms with Crippen LogP contribution in [0.15, 0.2) is 24.3 Å². The van der Waals surface area contributed by atoms with Crippen LogP contribution in [-0.2, 0) is 0 Å². The highest BCUT2D eigenvalue weighted by atomic mass is 16.5. The van der Waals surface area contributed by atoms with Gasteiger partial charge in [-0.25, -0.2) is 0 Å². The maximum Gasteiger partial charge on any atom is 0.119 e. The molecule has 0 aromatic heterocycles. The Morgan fingerprint density at radius 1 is 1.33 bits per heavy atom. The number of hydrogen-bond donors (Lipinski definition) is 1. The zero-order chi connectivity index (χ0) is 13.2. The number of aliphatic hydroxyl groups excluding tert-OH is 1. The summed E-state index contributed by atoms with van der Waals surface area (Å²) in [5.74, 6) is 1.22. The lowest BCUT2D eigenvalue weighted by Crippen LogP contribution is -2.54. The van der Waals surface area contributed by atoms with Gasteiger partial charge in [0.05, 0.1) is 7.11 Å². The van der Waals surface area contributed by atoms with Gasteiger partial charge in [0.25, 0.3) is 0 Å². The molecule has 0 radical (unpaired) electrons. The van der Waals surface area contributed by atoms with Gasteiger partial charge in [-0.1, -0.05) is 0 Å². The Bertz CT molecular complexity index is 386. The van der Waals surface area contributed by atoms with Crippen molar-refractivity contribution in [3.05, 3.63) is 24.3 Å². The van der Waals surface area contributed by atoms with Crippen molar-refractivity contribution in [3.63, 3.8) is 0 Å². The molecule has 1 unspecified atom stereocenters. The van der Waals surface area contributed by atoms with Crippen molar-refractivity contribution >= 4 is 5.69 Å². The number of aliphatic hydroxyl groups is 1. The van der Waals surface area contributed by atoms with Crippen LogP contribution in [0.5, 0.6) is 5.75 Å². The summed E-state index contributed by atoms with van der Waals surface area (Å²) < 4.78 is 5.19. The summed E-state index contributed by atoms with van der Waals surface area (Å²) in [6.07, 6.45) is 2.25. The molecule has 0 amide bonds. The summed E-state index contributed by atoms with van der Waals surface area (Å²) in [5, 5.41) is 9.53. The third kappa shape index (κ3) is 2.32. The smallest absolute Gasteiger partial charge is 0.119 e. The van der Waals surface area contributed by atoms with Crippen LogP contribution in [0, 0.1) is 5.92 Å². The summed E-state index contributed by atoms with van der Waals surface area (Å²) in [6.45, 7) is 5.75. The fraction of sp³-hybridized carbons (Fsp3) is 0.600. The van der Waals surface area contributed by atoms with Crippen LogP contribution in [0.25, 0.3) is 0 Å². The van der Waals surface area contributed by atoms with Crippen LogP contribution in [0.2, 0.25) is 0 Å². The first kappa shape index (κ1) is 13.2. The van der Waals surface area contributed by atoms with Gasteiger partial charge in [0.2, 0.25) is 0 Å². The molecule has 3 nitrogen and oxygen atoms in total. The summed E-state index contributed by atoms with van der Waals surface area (Å²) in [7, 11) is 1.68. The van der Waals surface area contributed by atoms with E-state index in [2.05, 4.69) is 30.9 Å². The molecule has 1 aromatic rings. The molecule has 1 heterocycles. The second-order valence-corrected chi connectivity index (χ2v) is 5.53. The standard InChI is InChI=1S/C15H23NO2/c1-15(2)12(11-17)5-4-10-16(15)13-6-8-14(18-3)9-7-13/h6-9,12,17H,4-5,10-11H2,1-3H3. The van der Waals surface area contributed by atoms with Crippen molar-refractivity contribution < 1.29 is 9.84 Å². The highest BCUT2D eigenvalue weighted by Gasteiger charge is 2.38. The van der Waals surface area contributed by atoms with Gasteiger partial charge in [-0.15, -0.1) is 0 Å². The number of ether oxygens (including phenoxy) is 1. The van der Waals surface area contributed by atoms with E-state index in [9.17, 15) is 5.11 Å². The van der Waals surface area contributed by atoms with Crippen molar-refractivity contribution in [1.29, 1.82) is 0 Å². The number of hydrogen-bond acceptors (Lipinski definition) is 3. The van der Waals surface area contributed by atoms with Crippen LogP contribution in [0.3, 0.4) is 0 Å². The SMILES string of the molecule is COc1ccc(N2CCCC(CO)C2(C)C)cc1. The van der Waals surface area contributed by atoms with Crippen LogP contribution in [-0.4, -0.2) is 30.9 Å². The van der Waals surface area contributed by atoms with E-state index in [0.717, 1.165) is 25.1 Å². The van der Waals surface area contributed by atoms with Gasteiger partial charge in [-0.3, -0.25) is 0 Å². The highest BCUT2D eigenvalue weighted by Crippen LogP contribution is 2.37.